The number of carbonyl (C=O) groups excluding carboxylic acids is 4. The summed E-state index contributed by atoms with van der Waals surface area (Å²) in [6.07, 6.45) is 5.06. The number of hydrogen-bond donors (Lipinski definition) is 1. The van der Waals surface area contributed by atoms with Gasteiger partial charge in [0.1, 0.15) is 6.29 Å². The Labute approximate surface area is 179 Å². The maximum Gasteiger partial charge on any atom is 0.229 e. The minimum absolute atomic E-state index is 0.0164. The number of aldehydes is 1. The molecule has 6 nitrogen and oxygen atoms in total. The van der Waals surface area contributed by atoms with Gasteiger partial charge in [-0.3, -0.25) is 19.7 Å². The molecule has 6 heteroatoms. The molecule has 2 saturated heterocycles. The zero-order chi connectivity index (χ0) is 22.3. The highest BCUT2D eigenvalue weighted by molar-refractivity contribution is 5.98. The lowest BCUT2D eigenvalue weighted by Crippen LogP contribution is -2.39. The molecule has 2 aliphatic rings. The number of ketones is 1. The fourth-order valence-corrected chi connectivity index (χ4v) is 3.82. The van der Waals surface area contributed by atoms with Crippen LogP contribution in [0.15, 0.2) is 18.2 Å². The lowest BCUT2D eigenvalue weighted by Gasteiger charge is -2.32. The summed E-state index contributed by atoms with van der Waals surface area (Å²) < 4.78 is 0. The number of anilines is 1. The number of piperidine rings is 2. The van der Waals surface area contributed by atoms with Gasteiger partial charge < -0.3 is 9.69 Å². The van der Waals surface area contributed by atoms with E-state index in [9.17, 15) is 19.2 Å². The molecule has 0 bridgehead atoms. The molecule has 1 aromatic rings. The number of benzene rings is 1. The molecule has 164 valence electrons. The van der Waals surface area contributed by atoms with Gasteiger partial charge >= 0.3 is 0 Å². The first-order valence-corrected chi connectivity index (χ1v) is 10.9. The molecular weight excluding hydrogens is 380 g/mol. The van der Waals surface area contributed by atoms with E-state index in [-0.39, 0.29) is 29.4 Å². The molecule has 2 amide bonds. The number of hydrogen-bond acceptors (Lipinski definition) is 5. The predicted octanol–water partition coefficient (Wildman–Crippen LogP) is 3.56. The summed E-state index contributed by atoms with van der Waals surface area (Å²) in [5, 5.41) is 2.25. The van der Waals surface area contributed by atoms with E-state index in [1.807, 2.05) is 19.1 Å². The second-order valence-electron chi connectivity index (χ2n) is 8.81. The van der Waals surface area contributed by atoms with Gasteiger partial charge in [0.25, 0.3) is 0 Å². The first-order valence-electron chi connectivity index (χ1n) is 10.9. The Morgan fingerprint density at radius 1 is 1.20 bits per heavy atom. The van der Waals surface area contributed by atoms with Gasteiger partial charge in [0.2, 0.25) is 11.8 Å². The highest BCUT2D eigenvalue weighted by Crippen LogP contribution is 2.26. The van der Waals surface area contributed by atoms with Crippen LogP contribution >= 0.6 is 0 Å². The monoisotopic (exact) mass is 414 g/mol. The lowest BCUT2D eigenvalue weighted by atomic mass is 9.94. The average molecular weight is 415 g/mol. The zero-order valence-corrected chi connectivity index (χ0v) is 18.6. The highest BCUT2D eigenvalue weighted by Gasteiger charge is 2.22. The summed E-state index contributed by atoms with van der Waals surface area (Å²) >= 11 is 0. The van der Waals surface area contributed by atoms with Crippen LogP contribution in [0.25, 0.3) is 0 Å². The Balaban J connectivity index is 0.000000297. The van der Waals surface area contributed by atoms with Crippen LogP contribution in [0.2, 0.25) is 0 Å². The summed E-state index contributed by atoms with van der Waals surface area (Å²) in [5.41, 5.74) is 3.17. The van der Waals surface area contributed by atoms with E-state index in [4.69, 9.17) is 0 Å². The van der Waals surface area contributed by atoms with Crippen molar-refractivity contribution < 1.29 is 19.2 Å². The van der Waals surface area contributed by atoms with Crippen LogP contribution in [-0.4, -0.2) is 37.0 Å². The van der Waals surface area contributed by atoms with Crippen molar-refractivity contribution in [3.05, 3.63) is 29.3 Å². The van der Waals surface area contributed by atoms with Gasteiger partial charge in [-0.1, -0.05) is 20.8 Å². The number of nitrogens with one attached hydrogen (secondary N) is 1. The molecule has 0 saturated carbocycles. The van der Waals surface area contributed by atoms with Crippen molar-refractivity contribution in [2.45, 2.75) is 59.8 Å². The van der Waals surface area contributed by atoms with Crippen LogP contribution < -0.4 is 10.2 Å². The van der Waals surface area contributed by atoms with E-state index in [1.54, 1.807) is 6.92 Å². The molecule has 0 radical (unpaired) electrons. The molecule has 0 aliphatic carbocycles. The molecule has 3 rings (SSSR count). The molecule has 2 heterocycles. The first-order chi connectivity index (χ1) is 14.2. The summed E-state index contributed by atoms with van der Waals surface area (Å²) in [5.74, 6) is 0.621. The predicted molar refractivity (Wildman–Crippen MR) is 118 cm³/mol. The van der Waals surface area contributed by atoms with Gasteiger partial charge in [-0.05, 0) is 62.3 Å². The van der Waals surface area contributed by atoms with E-state index in [2.05, 4.69) is 30.1 Å². The van der Waals surface area contributed by atoms with E-state index in [1.165, 1.54) is 5.69 Å². The van der Waals surface area contributed by atoms with E-state index >= 15 is 0 Å². The number of imide groups is 1. The third-order valence-corrected chi connectivity index (χ3v) is 5.71. The van der Waals surface area contributed by atoms with Crippen LogP contribution in [0.3, 0.4) is 0 Å². The topological polar surface area (TPSA) is 83.6 Å². The molecule has 30 heavy (non-hydrogen) atoms. The molecular formula is C24H34N2O4. The lowest BCUT2D eigenvalue weighted by molar-refractivity contribution is -0.135. The summed E-state index contributed by atoms with van der Waals surface area (Å²) in [6, 6.07) is 6.17. The minimum atomic E-state index is -0.141. The Bertz CT molecular complexity index is 779. The summed E-state index contributed by atoms with van der Waals surface area (Å²) in [6.45, 7) is 9.64. The third kappa shape index (κ3) is 6.78. The van der Waals surface area contributed by atoms with Crippen LogP contribution in [0.5, 0.6) is 0 Å². The van der Waals surface area contributed by atoms with Gasteiger partial charge in [-0.25, -0.2) is 0 Å². The molecule has 1 N–H and O–H groups in total. The SMILES string of the molecule is CC(=O)c1ccc(N2CCC(C=O)CC2)cc1CC(C)C.CC1CCC(=O)NC1=O. The quantitative estimate of drug-likeness (QED) is 0.452. The third-order valence-electron chi connectivity index (χ3n) is 5.71. The van der Waals surface area contributed by atoms with Crippen molar-refractivity contribution in [3.63, 3.8) is 0 Å². The van der Waals surface area contributed by atoms with E-state index in [0.717, 1.165) is 49.8 Å². The summed E-state index contributed by atoms with van der Waals surface area (Å²) in [7, 11) is 0. The van der Waals surface area contributed by atoms with Gasteiger partial charge in [0.15, 0.2) is 5.78 Å². The molecule has 0 spiro atoms. The standard InChI is InChI=1S/C18H25NO2.C6H9NO2/c1-13(2)10-16-11-17(4-5-18(16)14(3)21)19-8-6-15(12-20)7-9-19;1-4-2-3-5(8)7-6(4)9/h4-5,11-13,15H,6-10H2,1-3H3;4H,2-3H2,1H3,(H,7,8,9). The van der Waals surface area contributed by atoms with Gasteiger partial charge in [0, 0.05) is 42.6 Å². The largest absolute Gasteiger partial charge is 0.371 e. The minimum Gasteiger partial charge on any atom is -0.371 e. The number of rotatable bonds is 5. The van der Waals surface area contributed by atoms with Crippen LogP contribution in [-0.2, 0) is 20.8 Å². The molecule has 2 aliphatic heterocycles. The molecule has 1 atom stereocenters. The Hall–Kier alpha value is -2.50. The van der Waals surface area contributed by atoms with Crippen LogP contribution in [0, 0.1) is 17.8 Å². The number of carbonyl (C=O) groups is 4. The second-order valence-corrected chi connectivity index (χ2v) is 8.81. The Morgan fingerprint density at radius 3 is 2.37 bits per heavy atom. The second kappa shape index (κ2) is 11.0. The molecule has 2 fully saturated rings. The van der Waals surface area contributed by atoms with Crippen molar-refractivity contribution >= 4 is 29.6 Å². The van der Waals surface area contributed by atoms with Crippen molar-refractivity contribution in [3.8, 4) is 0 Å². The van der Waals surface area contributed by atoms with Crippen LogP contribution in [0.1, 0.15) is 69.3 Å². The van der Waals surface area contributed by atoms with E-state index < -0.39 is 0 Å². The fourth-order valence-electron chi connectivity index (χ4n) is 3.82. The Kier molecular flexibility index (Phi) is 8.75. The van der Waals surface area contributed by atoms with Crippen molar-refractivity contribution in [1.82, 2.24) is 5.32 Å². The van der Waals surface area contributed by atoms with Gasteiger partial charge in [-0.2, -0.15) is 0 Å². The zero-order valence-electron chi connectivity index (χ0n) is 18.6. The Morgan fingerprint density at radius 2 is 1.87 bits per heavy atom. The van der Waals surface area contributed by atoms with E-state index in [0.29, 0.717) is 18.8 Å². The molecule has 0 aromatic heterocycles. The summed E-state index contributed by atoms with van der Waals surface area (Å²) in [4.78, 5) is 46.1. The maximum absolute atomic E-state index is 11.8. The first kappa shape index (κ1) is 23.8. The normalized spacial score (nSPS) is 19.8. The highest BCUT2D eigenvalue weighted by atomic mass is 16.2. The molecule has 1 unspecified atom stereocenters. The number of amides is 2. The molecule has 1 aromatic carbocycles. The van der Waals surface area contributed by atoms with Gasteiger partial charge in [-0.15, -0.1) is 0 Å². The maximum atomic E-state index is 11.8. The van der Waals surface area contributed by atoms with Crippen LogP contribution in [0.4, 0.5) is 5.69 Å². The average Bonchev–Trinajstić information content (AvgIpc) is 2.71. The van der Waals surface area contributed by atoms with Crippen molar-refractivity contribution in [1.29, 1.82) is 0 Å². The fraction of sp³-hybridized carbons (Fsp3) is 0.583. The smallest absolute Gasteiger partial charge is 0.229 e. The number of nitrogens with zero attached hydrogens (tertiary/aromatic N) is 1. The van der Waals surface area contributed by atoms with Crippen molar-refractivity contribution in [2.24, 2.45) is 17.8 Å². The number of Topliss-reactive ketones (excluding diaryl/α,β-unsaturated/α-hetero) is 1. The van der Waals surface area contributed by atoms with Crippen molar-refractivity contribution in [2.75, 3.05) is 18.0 Å². The van der Waals surface area contributed by atoms with Gasteiger partial charge in [0.05, 0.1) is 0 Å².